The van der Waals surface area contributed by atoms with Gasteiger partial charge in [-0.25, -0.2) is 4.79 Å². The van der Waals surface area contributed by atoms with Crippen molar-refractivity contribution < 1.29 is 19.4 Å². The first-order chi connectivity index (χ1) is 9.85. The molecule has 1 saturated heterocycles. The lowest BCUT2D eigenvalue weighted by molar-refractivity contribution is -0.148. The number of amides is 1. The number of rotatable bonds is 3. The average molecular weight is 332 g/mol. The highest BCUT2D eigenvalue weighted by Crippen LogP contribution is 2.27. The second kappa shape index (κ2) is 6.22. The average Bonchev–Trinajstić information content (AvgIpc) is 2.45. The molecule has 0 radical (unpaired) electrons. The van der Waals surface area contributed by atoms with Crippen LogP contribution in [0.5, 0.6) is 0 Å². The van der Waals surface area contributed by atoms with Gasteiger partial charge in [-0.05, 0) is 24.6 Å². The van der Waals surface area contributed by atoms with Gasteiger partial charge in [0.05, 0.1) is 0 Å². The highest BCUT2D eigenvalue weighted by Gasteiger charge is 2.41. The van der Waals surface area contributed by atoms with E-state index in [0.717, 1.165) is 0 Å². The number of hydrogen-bond donors (Lipinski definition) is 2. The van der Waals surface area contributed by atoms with Crippen molar-refractivity contribution in [2.24, 2.45) is 0 Å². The number of nitrogens with one attached hydrogen (secondary N) is 1. The molecule has 1 aromatic carbocycles. The van der Waals surface area contributed by atoms with Crippen LogP contribution in [0.15, 0.2) is 12.1 Å². The Labute approximate surface area is 132 Å². The van der Waals surface area contributed by atoms with Crippen LogP contribution in [0, 0.1) is 6.92 Å². The maximum absolute atomic E-state index is 12.3. The van der Waals surface area contributed by atoms with Gasteiger partial charge >= 0.3 is 5.97 Å². The zero-order chi connectivity index (χ0) is 15.6. The second-order valence-electron chi connectivity index (χ2n) is 5.02. The third-order valence-corrected chi connectivity index (χ3v) is 4.44. The van der Waals surface area contributed by atoms with Gasteiger partial charge in [0.2, 0.25) is 0 Å². The number of aliphatic carboxylic acids is 1. The Morgan fingerprint density at radius 1 is 1.24 bits per heavy atom. The second-order valence-corrected chi connectivity index (χ2v) is 5.83. The van der Waals surface area contributed by atoms with Crippen LogP contribution in [0.4, 0.5) is 0 Å². The van der Waals surface area contributed by atoms with Gasteiger partial charge in [0.25, 0.3) is 5.91 Å². The van der Waals surface area contributed by atoms with E-state index in [1.807, 2.05) is 0 Å². The molecule has 0 bridgehead atoms. The van der Waals surface area contributed by atoms with Gasteiger partial charge in [-0.15, -0.1) is 0 Å². The normalized spacial score (nSPS) is 17.3. The molecule has 114 valence electrons. The minimum Gasteiger partial charge on any atom is -0.480 e. The molecule has 5 nitrogen and oxygen atoms in total. The van der Waals surface area contributed by atoms with Crippen molar-refractivity contribution in [3.8, 4) is 0 Å². The van der Waals surface area contributed by atoms with Crippen LogP contribution in [0.3, 0.4) is 0 Å². The van der Waals surface area contributed by atoms with Gasteiger partial charge in [-0.1, -0.05) is 23.2 Å². The van der Waals surface area contributed by atoms with Crippen LogP contribution in [-0.2, 0) is 9.53 Å². The minimum absolute atomic E-state index is 0.224. The zero-order valence-electron chi connectivity index (χ0n) is 11.4. The van der Waals surface area contributed by atoms with Crippen LogP contribution in [0.1, 0.15) is 28.8 Å². The molecular weight excluding hydrogens is 317 g/mol. The summed E-state index contributed by atoms with van der Waals surface area (Å²) in [5.41, 5.74) is -0.393. The SMILES string of the molecule is Cc1c(Cl)cc(C(=O)NC2(C(=O)O)CCOCC2)cc1Cl. The van der Waals surface area contributed by atoms with Crippen LogP contribution in [0.25, 0.3) is 0 Å². The molecule has 1 amide bonds. The first kappa shape index (κ1) is 16.1. The van der Waals surface area contributed by atoms with E-state index in [-0.39, 0.29) is 18.4 Å². The minimum atomic E-state index is -1.31. The Morgan fingerprint density at radius 2 is 1.76 bits per heavy atom. The Bertz CT molecular complexity index is 559. The molecule has 1 aromatic rings. The van der Waals surface area contributed by atoms with E-state index < -0.39 is 17.4 Å². The van der Waals surface area contributed by atoms with Crippen molar-refractivity contribution in [1.82, 2.24) is 5.32 Å². The summed E-state index contributed by atoms with van der Waals surface area (Å²) in [6.07, 6.45) is 0.447. The Morgan fingerprint density at radius 3 is 2.24 bits per heavy atom. The lowest BCUT2D eigenvalue weighted by atomic mass is 9.89. The number of ether oxygens (including phenoxy) is 1. The predicted molar refractivity (Wildman–Crippen MR) is 79.1 cm³/mol. The van der Waals surface area contributed by atoms with E-state index >= 15 is 0 Å². The summed E-state index contributed by atoms with van der Waals surface area (Å²) in [5.74, 6) is -1.58. The monoisotopic (exact) mass is 331 g/mol. The molecular formula is C14H15Cl2NO4. The fraction of sp³-hybridized carbons (Fsp3) is 0.429. The summed E-state index contributed by atoms with van der Waals surface area (Å²) in [6, 6.07) is 2.96. The van der Waals surface area contributed by atoms with Gasteiger partial charge in [0.15, 0.2) is 0 Å². The van der Waals surface area contributed by atoms with E-state index in [4.69, 9.17) is 27.9 Å². The summed E-state index contributed by atoms with van der Waals surface area (Å²) in [5, 5.41) is 12.7. The number of halogens is 2. The number of hydrogen-bond acceptors (Lipinski definition) is 3. The van der Waals surface area contributed by atoms with Crippen molar-refractivity contribution in [2.75, 3.05) is 13.2 Å². The van der Waals surface area contributed by atoms with Crippen LogP contribution in [0.2, 0.25) is 10.0 Å². The maximum Gasteiger partial charge on any atom is 0.329 e. The smallest absolute Gasteiger partial charge is 0.329 e. The fourth-order valence-corrected chi connectivity index (χ4v) is 2.67. The summed E-state index contributed by atoms with van der Waals surface area (Å²) in [6.45, 7) is 2.33. The van der Waals surface area contributed by atoms with E-state index in [1.54, 1.807) is 6.92 Å². The van der Waals surface area contributed by atoms with Crippen LogP contribution >= 0.6 is 23.2 Å². The number of carbonyl (C=O) groups excluding carboxylic acids is 1. The van der Waals surface area contributed by atoms with Crippen molar-refractivity contribution in [3.05, 3.63) is 33.3 Å². The topological polar surface area (TPSA) is 75.6 Å². The Hall–Kier alpha value is -1.30. The lowest BCUT2D eigenvalue weighted by Gasteiger charge is -2.33. The third kappa shape index (κ3) is 3.31. The summed E-state index contributed by atoms with van der Waals surface area (Å²) in [4.78, 5) is 23.8. The Kier molecular flexibility index (Phi) is 4.76. The highest BCUT2D eigenvalue weighted by atomic mass is 35.5. The van der Waals surface area contributed by atoms with Crippen LogP contribution < -0.4 is 5.32 Å². The molecule has 0 unspecified atom stereocenters. The first-order valence-corrected chi connectivity index (χ1v) is 7.20. The van der Waals surface area contributed by atoms with Crippen molar-refractivity contribution in [1.29, 1.82) is 0 Å². The van der Waals surface area contributed by atoms with Crippen LogP contribution in [-0.4, -0.2) is 35.7 Å². The van der Waals surface area contributed by atoms with Crippen molar-refractivity contribution in [3.63, 3.8) is 0 Å². The standard InChI is InChI=1S/C14H15Cl2NO4/c1-8-10(15)6-9(7-11(8)16)12(18)17-14(13(19)20)2-4-21-5-3-14/h6-7H,2-5H2,1H3,(H,17,18)(H,19,20). The molecule has 21 heavy (non-hydrogen) atoms. The molecule has 1 aliphatic heterocycles. The predicted octanol–water partition coefficient (Wildman–Crippen LogP) is 2.67. The van der Waals surface area contributed by atoms with Crippen molar-refractivity contribution >= 4 is 35.1 Å². The van der Waals surface area contributed by atoms with Crippen molar-refractivity contribution in [2.45, 2.75) is 25.3 Å². The molecule has 0 atom stereocenters. The number of benzene rings is 1. The molecule has 7 heteroatoms. The molecule has 1 fully saturated rings. The van der Waals surface area contributed by atoms with Gasteiger partial charge < -0.3 is 15.2 Å². The summed E-state index contributed by atoms with van der Waals surface area (Å²) in [7, 11) is 0. The van der Waals surface area contributed by atoms with Gasteiger partial charge in [-0.3, -0.25) is 4.79 Å². The number of carboxylic acid groups (broad SMARTS) is 1. The first-order valence-electron chi connectivity index (χ1n) is 6.45. The zero-order valence-corrected chi connectivity index (χ0v) is 12.9. The largest absolute Gasteiger partial charge is 0.480 e. The summed E-state index contributed by atoms with van der Waals surface area (Å²) >= 11 is 12.0. The lowest BCUT2D eigenvalue weighted by Crippen LogP contribution is -2.57. The molecule has 2 N–H and O–H groups in total. The molecule has 1 aliphatic rings. The van der Waals surface area contributed by atoms with E-state index in [2.05, 4.69) is 5.32 Å². The highest BCUT2D eigenvalue weighted by molar-refractivity contribution is 6.36. The van der Waals surface area contributed by atoms with Gasteiger partial charge in [-0.2, -0.15) is 0 Å². The molecule has 2 rings (SSSR count). The quantitative estimate of drug-likeness (QED) is 0.892. The molecule has 0 aliphatic carbocycles. The fourth-order valence-electron chi connectivity index (χ4n) is 2.18. The van der Waals surface area contributed by atoms with E-state index in [1.165, 1.54) is 12.1 Å². The molecule has 0 spiro atoms. The molecule has 0 saturated carbocycles. The maximum atomic E-state index is 12.3. The third-order valence-electron chi connectivity index (χ3n) is 3.65. The number of carbonyl (C=O) groups is 2. The Balaban J connectivity index is 2.25. The molecule has 0 aromatic heterocycles. The molecule has 1 heterocycles. The van der Waals surface area contributed by atoms with Gasteiger partial charge in [0, 0.05) is 41.7 Å². The van der Waals surface area contributed by atoms with Gasteiger partial charge in [0.1, 0.15) is 5.54 Å². The summed E-state index contributed by atoms with van der Waals surface area (Å²) < 4.78 is 5.16. The van der Waals surface area contributed by atoms with E-state index in [0.29, 0.717) is 28.8 Å². The number of carboxylic acids is 1. The van der Waals surface area contributed by atoms with E-state index in [9.17, 15) is 14.7 Å².